The van der Waals surface area contributed by atoms with Crippen LogP contribution in [-0.4, -0.2) is 48.0 Å². The second-order valence-electron chi connectivity index (χ2n) is 9.25. The number of halogens is 2. The van der Waals surface area contributed by atoms with Crippen molar-refractivity contribution in [3.63, 3.8) is 0 Å². The van der Waals surface area contributed by atoms with Crippen LogP contribution in [0.2, 0.25) is 5.02 Å². The monoisotopic (exact) mass is 543 g/mol. The summed E-state index contributed by atoms with van der Waals surface area (Å²) < 4.78 is 19.3. The van der Waals surface area contributed by atoms with Crippen LogP contribution in [0.15, 0.2) is 60.0 Å². The number of nitrogens with zero attached hydrogens (tertiary/aromatic N) is 2. The number of rotatable bonds is 9. The summed E-state index contributed by atoms with van der Waals surface area (Å²) in [6.45, 7) is 5.29. The minimum Gasteiger partial charge on any atom is -0.491 e. The Hall–Kier alpha value is -3.10. The SMILES string of the molecule is CC[C@H](C)CN(CC(=O)N1CCc2sccc2[C@H]1COc1ccc(F)cc1)C(=O)Nc1cccc(Cl)c1. The lowest BCUT2D eigenvalue weighted by atomic mass is 10.00. The van der Waals surface area contributed by atoms with Crippen molar-refractivity contribution in [3.8, 4) is 5.75 Å². The van der Waals surface area contributed by atoms with Crippen molar-refractivity contribution in [2.45, 2.75) is 32.7 Å². The summed E-state index contributed by atoms with van der Waals surface area (Å²) in [5.41, 5.74) is 1.63. The Morgan fingerprint density at radius 3 is 2.76 bits per heavy atom. The lowest BCUT2D eigenvalue weighted by Gasteiger charge is -2.37. The molecule has 4 rings (SSSR count). The maximum atomic E-state index is 13.7. The average molecular weight is 544 g/mol. The number of nitrogens with one attached hydrogen (secondary N) is 1. The van der Waals surface area contributed by atoms with E-state index in [1.807, 2.05) is 11.4 Å². The Morgan fingerprint density at radius 2 is 2.03 bits per heavy atom. The van der Waals surface area contributed by atoms with Crippen molar-refractivity contribution >= 4 is 40.6 Å². The quantitative estimate of drug-likeness (QED) is 0.329. The lowest BCUT2D eigenvalue weighted by molar-refractivity contribution is -0.135. The molecule has 0 saturated carbocycles. The van der Waals surface area contributed by atoms with Gasteiger partial charge in [-0.1, -0.05) is 37.9 Å². The van der Waals surface area contributed by atoms with Crippen molar-refractivity contribution in [3.05, 3.63) is 81.3 Å². The van der Waals surface area contributed by atoms with E-state index in [2.05, 4.69) is 19.2 Å². The number of anilines is 1. The topological polar surface area (TPSA) is 61.9 Å². The maximum Gasteiger partial charge on any atom is 0.322 e. The minimum atomic E-state index is -0.344. The number of carbonyl (C=O) groups is 2. The molecule has 1 aromatic heterocycles. The summed E-state index contributed by atoms with van der Waals surface area (Å²) in [5, 5.41) is 5.42. The van der Waals surface area contributed by atoms with Crippen LogP contribution in [0.1, 0.15) is 36.8 Å². The van der Waals surface area contributed by atoms with E-state index in [4.69, 9.17) is 16.3 Å². The molecule has 2 heterocycles. The minimum absolute atomic E-state index is 0.0523. The molecule has 3 aromatic rings. The van der Waals surface area contributed by atoms with Crippen LogP contribution in [0.5, 0.6) is 5.75 Å². The lowest BCUT2D eigenvalue weighted by Crippen LogP contribution is -2.49. The van der Waals surface area contributed by atoms with Crippen LogP contribution in [0, 0.1) is 11.7 Å². The normalized spacial score (nSPS) is 15.6. The fourth-order valence-electron chi connectivity index (χ4n) is 4.33. The summed E-state index contributed by atoms with van der Waals surface area (Å²) in [6, 6.07) is 14.2. The highest BCUT2D eigenvalue weighted by Crippen LogP contribution is 2.34. The molecule has 0 saturated heterocycles. The van der Waals surface area contributed by atoms with Gasteiger partial charge in [0.2, 0.25) is 5.91 Å². The molecule has 0 fully saturated rings. The summed E-state index contributed by atoms with van der Waals surface area (Å²) in [4.78, 5) is 31.5. The van der Waals surface area contributed by atoms with Gasteiger partial charge >= 0.3 is 6.03 Å². The van der Waals surface area contributed by atoms with Crippen LogP contribution in [0.25, 0.3) is 0 Å². The Balaban J connectivity index is 1.50. The van der Waals surface area contributed by atoms with Gasteiger partial charge in [-0.25, -0.2) is 9.18 Å². The molecule has 2 atom stereocenters. The second-order valence-corrected chi connectivity index (χ2v) is 10.7. The van der Waals surface area contributed by atoms with Crippen LogP contribution in [-0.2, 0) is 11.2 Å². The highest BCUT2D eigenvalue weighted by molar-refractivity contribution is 7.10. The Labute approximate surface area is 226 Å². The number of urea groups is 1. The number of benzene rings is 2. The van der Waals surface area contributed by atoms with Gasteiger partial charge < -0.3 is 19.9 Å². The highest BCUT2D eigenvalue weighted by atomic mass is 35.5. The van der Waals surface area contributed by atoms with Crippen molar-refractivity contribution in [2.75, 3.05) is 31.6 Å². The van der Waals surface area contributed by atoms with Crippen molar-refractivity contribution in [1.29, 1.82) is 0 Å². The van der Waals surface area contributed by atoms with Crippen LogP contribution < -0.4 is 10.1 Å². The van der Waals surface area contributed by atoms with Crippen LogP contribution in [0.3, 0.4) is 0 Å². The number of hydrogen-bond donors (Lipinski definition) is 1. The zero-order valence-electron chi connectivity index (χ0n) is 21.0. The zero-order chi connectivity index (χ0) is 26.4. The molecule has 0 unspecified atom stereocenters. The third-order valence-electron chi connectivity index (χ3n) is 6.55. The van der Waals surface area contributed by atoms with Crippen molar-refractivity contribution in [1.82, 2.24) is 9.80 Å². The third kappa shape index (κ3) is 7.02. The van der Waals surface area contributed by atoms with E-state index in [1.165, 1.54) is 17.0 Å². The molecule has 1 N–H and O–H groups in total. The molecule has 1 aliphatic rings. The Morgan fingerprint density at radius 1 is 1.24 bits per heavy atom. The van der Waals surface area contributed by atoms with Gasteiger partial charge in [-0.15, -0.1) is 11.3 Å². The molecular formula is C28H31ClFN3O3S. The fourth-order valence-corrected chi connectivity index (χ4v) is 5.45. The first-order valence-electron chi connectivity index (χ1n) is 12.4. The molecule has 9 heteroatoms. The number of fused-ring (bicyclic) bond motifs is 1. The average Bonchev–Trinajstić information content (AvgIpc) is 3.37. The first-order valence-corrected chi connectivity index (χ1v) is 13.7. The third-order valence-corrected chi connectivity index (χ3v) is 7.79. The van der Waals surface area contributed by atoms with E-state index in [9.17, 15) is 14.0 Å². The fraction of sp³-hybridized carbons (Fsp3) is 0.357. The highest BCUT2D eigenvalue weighted by Gasteiger charge is 2.33. The Kier molecular flexibility index (Phi) is 9.05. The molecular weight excluding hydrogens is 513 g/mol. The number of hydrogen-bond acceptors (Lipinski definition) is 4. The molecule has 37 heavy (non-hydrogen) atoms. The first kappa shape index (κ1) is 26.9. The smallest absolute Gasteiger partial charge is 0.322 e. The van der Waals surface area contributed by atoms with E-state index in [-0.39, 0.29) is 42.9 Å². The van der Waals surface area contributed by atoms with E-state index in [1.54, 1.807) is 57.5 Å². The van der Waals surface area contributed by atoms with Gasteiger partial charge in [-0.05, 0) is 71.8 Å². The number of carbonyl (C=O) groups excluding carboxylic acids is 2. The van der Waals surface area contributed by atoms with Gasteiger partial charge in [0.25, 0.3) is 0 Å². The largest absolute Gasteiger partial charge is 0.491 e. The van der Waals surface area contributed by atoms with Gasteiger partial charge in [-0.2, -0.15) is 0 Å². The number of ether oxygens (including phenoxy) is 1. The van der Waals surface area contributed by atoms with Crippen LogP contribution >= 0.6 is 22.9 Å². The van der Waals surface area contributed by atoms with Crippen molar-refractivity contribution in [2.24, 2.45) is 5.92 Å². The summed E-state index contributed by atoms with van der Waals surface area (Å²) >= 11 is 7.75. The van der Waals surface area contributed by atoms with Crippen molar-refractivity contribution < 1.29 is 18.7 Å². The first-order chi connectivity index (χ1) is 17.8. The molecule has 0 aliphatic carbocycles. The molecule has 1 aliphatic heterocycles. The van der Waals surface area contributed by atoms with E-state index in [0.29, 0.717) is 29.5 Å². The molecule has 3 amide bonds. The summed E-state index contributed by atoms with van der Waals surface area (Å²) in [5.74, 6) is 0.282. The standard InChI is InChI=1S/C28H31ClFN3O3S/c1-3-19(2)16-32(28(35)31-22-6-4-5-20(29)15-22)17-27(34)33-13-11-26-24(12-14-37-26)25(33)18-36-23-9-7-21(30)8-10-23/h4-10,12,14-15,19,25H,3,11,13,16-18H2,1-2H3,(H,31,35)/t19-,25+/m0/s1. The Bertz CT molecular complexity index is 1220. The zero-order valence-corrected chi connectivity index (χ0v) is 22.5. The van der Waals surface area contributed by atoms with Gasteiger partial charge in [0.05, 0.1) is 6.04 Å². The molecule has 6 nitrogen and oxygen atoms in total. The molecule has 196 valence electrons. The summed E-state index contributed by atoms with van der Waals surface area (Å²) in [7, 11) is 0. The van der Waals surface area contributed by atoms with E-state index in [0.717, 1.165) is 18.4 Å². The second kappa shape index (κ2) is 12.4. The molecule has 0 radical (unpaired) electrons. The van der Waals surface area contributed by atoms with Gasteiger partial charge in [0, 0.05) is 28.7 Å². The van der Waals surface area contributed by atoms with Gasteiger partial charge in [0.1, 0.15) is 24.7 Å². The van der Waals surface area contributed by atoms with Gasteiger partial charge in [-0.3, -0.25) is 4.79 Å². The number of amides is 3. The predicted molar refractivity (Wildman–Crippen MR) is 146 cm³/mol. The van der Waals surface area contributed by atoms with Crippen LogP contribution in [0.4, 0.5) is 14.9 Å². The van der Waals surface area contributed by atoms with E-state index >= 15 is 0 Å². The molecule has 0 bridgehead atoms. The van der Waals surface area contributed by atoms with Gasteiger partial charge in [0.15, 0.2) is 0 Å². The number of thiophene rings is 1. The van der Waals surface area contributed by atoms with E-state index < -0.39 is 0 Å². The maximum absolute atomic E-state index is 13.7. The molecule has 0 spiro atoms. The molecule has 2 aromatic carbocycles. The predicted octanol–water partition coefficient (Wildman–Crippen LogP) is 6.63. The summed E-state index contributed by atoms with van der Waals surface area (Å²) in [6.07, 6.45) is 1.64.